The number of hydrogen-bond acceptors (Lipinski definition) is 4. The maximum absolute atomic E-state index is 9.22. The van der Waals surface area contributed by atoms with Gasteiger partial charge in [-0.1, -0.05) is 253 Å². The van der Waals surface area contributed by atoms with Gasteiger partial charge in [-0.15, -0.1) is 0 Å². The van der Waals surface area contributed by atoms with Crippen molar-refractivity contribution in [1.82, 2.24) is 0 Å². The van der Waals surface area contributed by atoms with E-state index in [1.165, 1.54) is 293 Å². The lowest BCUT2D eigenvalue weighted by Crippen LogP contribution is -2.64. The highest BCUT2D eigenvalue weighted by Gasteiger charge is 2.44. The molecule has 0 bridgehead atoms. The molecule has 0 spiro atoms. The van der Waals surface area contributed by atoms with Crippen molar-refractivity contribution in [2.75, 3.05) is 14.2 Å². The summed E-state index contributed by atoms with van der Waals surface area (Å²) in [5, 5.41) is 0. The second kappa shape index (κ2) is 48.8. The van der Waals surface area contributed by atoms with E-state index in [-0.39, 0.29) is 0 Å². The van der Waals surface area contributed by atoms with Crippen LogP contribution in [-0.2, 0) is 14.6 Å². The van der Waals surface area contributed by atoms with Crippen LogP contribution in [0.5, 0.6) is 0 Å². The normalized spacial score (nSPS) is 14.3. The monoisotopic (exact) mass is 900 g/mol. The number of hydrogen-bond donors (Lipinski definition) is 0. The van der Waals surface area contributed by atoms with Crippen molar-refractivity contribution in [1.29, 1.82) is 0 Å². The van der Waals surface area contributed by atoms with Gasteiger partial charge in [0.15, 0.2) is 0 Å². The molecule has 0 heterocycles. The van der Waals surface area contributed by atoms with Crippen molar-refractivity contribution in [2.45, 2.75) is 349 Å². The lowest BCUT2D eigenvalue weighted by atomic mass is 9.85. The van der Waals surface area contributed by atoms with Crippen LogP contribution in [0.4, 0.5) is 0 Å². The fourth-order valence-electron chi connectivity index (χ4n) is 10.5. The molecule has 0 N–H and O–H groups in total. The van der Waals surface area contributed by atoms with E-state index in [0.29, 0.717) is 0 Å². The van der Waals surface area contributed by atoms with E-state index in [0.717, 1.165) is 25.2 Å². The van der Waals surface area contributed by atoms with Crippen LogP contribution < -0.4 is 0 Å². The third-order valence-corrected chi connectivity index (χ3v) is 15.1. The summed E-state index contributed by atoms with van der Waals surface area (Å²) in [5.41, 5.74) is 0. The summed E-state index contributed by atoms with van der Waals surface area (Å²) in [6, 6.07) is 2.63. The van der Waals surface area contributed by atoms with Crippen LogP contribution in [0.2, 0.25) is 0 Å². The molecular weight excluding hydrogens is 783 g/mol. The van der Waals surface area contributed by atoms with Gasteiger partial charge in [-0.05, 0) is 77.0 Å². The quantitative estimate of drug-likeness (QED) is 0.0264. The van der Waals surface area contributed by atoms with Crippen molar-refractivity contribution in [3.63, 3.8) is 0 Å². The number of quaternary nitrogens is 1. The van der Waals surface area contributed by atoms with Crippen LogP contribution in [0.3, 0.4) is 0 Å². The van der Waals surface area contributed by atoms with Crippen molar-refractivity contribution in [3.8, 4) is 0 Å². The van der Waals surface area contributed by atoms with Crippen molar-refractivity contribution in [3.05, 3.63) is 0 Å². The first-order chi connectivity index (χ1) is 30.1. The predicted octanol–water partition coefficient (Wildman–Crippen LogP) is 19.3. The van der Waals surface area contributed by atoms with Gasteiger partial charge in [0.25, 0.3) is 0 Å². The van der Waals surface area contributed by atoms with Crippen LogP contribution in [0.1, 0.15) is 330 Å². The third kappa shape index (κ3) is 40.1. The van der Waals surface area contributed by atoms with Crippen LogP contribution >= 0.6 is 0 Å². The molecule has 3 atom stereocenters. The maximum Gasteiger partial charge on any atom is 0.217 e. The van der Waals surface area contributed by atoms with Crippen molar-refractivity contribution in [2.24, 2.45) is 0 Å². The highest BCUT2D eigenvalue weighted by molar-refractivity contribution is 7.80. The summed E-state index contributed by atoms with van der Waals surface area (Å²) >= 11 is 0. The minimum Gasteiger partial charge on any atom is -0.726 e. The molecular formula is C56H117NO4S. The second-order valence-corrected chi connectivity index (χ2v) is 21.3. The molecule has 0 radical (unpaired) electrons. The van der Waals surface area contributed by atoms with E-state index in [2.05, 4.69) is 52.8 Å². The number of unbranched alkanes of at least 4 members (excludes halogenated alkanes) is 33. The zero-order chi connectivity index (χ0) is 46.3. The fraction of sp³-hybridized carbons (Fsp3) is 1.00. The van der Waals surface area contributed by atoms with Crippen LogP contribution in [0.25, 0.3) is 0 Å². The largest absolute Gasteiger partial charge is 0.726 e. The van der Waals surface area contributed by atoms with E-state index in [9.17, 15) is 13.0 Å². The summed E-state index contributed by atoms with van der Waals surface area (Å²) in [6.07, 6.45) is 65.7. The number of rotatable bonds is 49. The van der Waals surface area contributed by atoms with E-state index >= 15 is 0 Å². The average molecular weight is 901 g/mol. The average Bonchev–Trinajstić information content (AvgIpc) is 3.26. The maximum atomic E-state index is 9.22. The van der Waals surface area contributed by atoms with Gasteiger partial charge < -0.3 is 9.04 Å². The van der Waals surface area contributed by atoms with Gasteiger partial charge >= 0.3 is 0 Å². The SMILES string of the molecule is CCCCCCCCCC(CCCCCCCC)[N+](C)(C(CCCCCCCC)CCCCCCCCC)C(CCCCCCCC)CCCCCCCCC.COS(=O)(=O)[O-]. The van der Waals surface area contributed by atoms with E-state index in [1.807, 2.05) is 0 Å². The Bertz CT molecular complexity index is 865. The molecule has 0 aromatic heterocycles. The fourth-order valence-corrected chi connectivity index (χ4v) is 10.5. The molecule has 0 aliphatic carbocycles. The Labute approximate surface area is 393 Å². The topological polar surface area (TPSA) is 66.4 Å². The molecule has 0 amide bonds. The standard InChI is InChI=1S/C55H114N.CH4O4S/c1-8-14-20-26-32-38-44-50-53(47-41-35-29-23-17-11-4)56(7,54(48-42-36-30-24-18-12-5)51-45-39-33-27-21-15-9-2)55(49-43-37-31-25-19-13-6)52-46-40-34-28-22-16-10-3;1-5-6(2,3)4/h53-55H,8-52H2,1-7H3;1H3,(H,2,3,4)/q+1;/p-1. The lowest BCUT2D eigenvalue weighted by Gasteiger charge is -2.53. The second-order valence-electron chi connectivity index (χ2n) is 20.2. The Kier molecular flexibility index (Phi) is 50.3. The van der Waals surface area contributed by atoms with Gasteiger partial charge in [0.2, 0.25) is 10.4 Å². The molecule has 0 aliphatic rings. The lowest BCUT2D eigenvalue weighted by molar-refractivity contribution is -0.980. The van der Waals surface area contributed by atoms with Crippen LogP contribution in [-0.4, -0.2) is 49.7 Å². The minimum atomic E-state index is -4.41. The van der Waals surface area contributed by atoms with Crippen LogP contribution in [0.15, 0.2) is 0 Å². The summed E-state index contributed by atoms with van der Waals surface area (Å²) < 4.78 is 32.5. The summed E-state index contributed by atoms with van der Waals surface area (Å²) in [4.78, 5) is 0. The first-order valence-corrected chi connectivity index (χ1v) is 29.8. The Hall–Kier alpha value is -0.170. The highest BCUT2D eigenvalue weighted by Crippen LogP contribution is 2.38. The molecule has 0 saturated carbocycles. The van der Waals surface area contributed by atoms with E-state index in [4.69, 9.17) is 0 Å². The third-order valence-electron chi connectivity index (χ3n) is 14.7. The Morgan fingerprint density at radius 2 is 0.452 bits per heavy atom. The highest BCUT2D eigenvalue weighted by atomic mass is 32.3. The van der Waals surface area contributed by atoms with Gasteiger partial charge in [-0.3, -0.25) is 4.18 Å². The van der Waals surface area contributed by atoms with Crippen molar-refractivity contribution >= 4 is 10.4 Å². The molecule has 0 aliphatic heterocycles. The molecule has 0 aromatic carbocycles. The molecule has 0 fully saturated rings. The Morgan fingerprint density at radius 3 is 0.581 bits per heavy atom. The molecule has 5 nitrogen and oxygen atoms in total. The summed E-state index contributed by atoms with van der Waals surface area (Å²) in [7, 11) is -0.679. The van der Waals surface area contributed by atoms with Crippen LogP contribution in [0, 0.1) is 0 Å². The van der Waals surface area contributed by atoms with Gasteiger partial charge in [0.1, 0.15) is 0 Å². The molecule has 376 valence electrons. The zero-order valence-electron chi connectivity index (χ0n) is 44.0. The zero-order valence-corrected chi connectivity index (χ0v) is 44.9. The molecule has 0 saturated heterocycles. The van der Waals surface area contributed by atoms with Gasteiger partial charge in [0.05, 0.1) is 32.3 Å². The molecule has 62 heavy (non-hydrogen) atoms. The molecule has 0 rings (SSSR count). The molecule has 0 aromatic rings. The predicted molar refractivity (Wildman–Crippen MR) is 276 cm³/mol. The smallest absolute Gasteiger partial charge is 0.217 e. The first-order valence-electron chi connectivity index (χ1n) is 28.5. The minimum absolute atomic E-state index is 0.808. The van der Waals surface area contributed by atoms with Gasteiger partial charge in [-0.25, -0.2) is 8.42 Å². The molecule has 6 heteroatoms. The Morgan fingerprint density at radius 1 is 0.323 bits per heavy atom. The van der Waals surface area contributed by atoms with Gasteiger partial charge in [-0.2, -0.15) is 0 Å². The summed E-state index contributed by atoms with van der Waals surface area (Å²) in [5.74, 6) is 0. The van der Waals surface area contributed by atoms with E-state index in [1.54, 1.807) is 0 Å². The van der Waals surface area contributed by atoms with Crippen molar-refractivity contribution < 1.29 is 21.6 Å². The first kappa shape index (κ1) is 63.9. The van der Waals surface area contributed by atoms with Gasteiger partial charge in [0, 0.05) is 0 Å². The summed E-state index contributed by atoms with van der Waals surface area (Å²) in [6.45, 7) is 14.2. The Balaban J connectivity index is 0. The molecule has 3 unspecified atom stereocenters. The van der Waals surface area contributed by atoms with E-state index < -0.39 is 10.4 Å². The number of nitrogens with zero attached hydrogens (tertiary/aromatic N) is 1.